The minimum atomic E-state index is -1.03. The van der Waals surface area contributed by atoms with Crippen molar-refractivity contribution in [2.45, 2.75) is 19.8 Å². The smallest absolute Gasteiger partial charge is 0.307 e. The molecular weight excluding hydrogens is 243 g/mol. The molecule has 0 aromatic heterocycles. The number of aliphatic carboxylic acids is 1. The highest BCUT2D eigenvalue weighted by Gasteiger charge is 2.08. The third-order valence-electron chi connectivity index (χ3n) is 3.08. The molecule has 0 aliphatic heterocycles. The third-order valence-corrected chi connectivity index (χ3v) is 3.08. The van der Waals surface area contributed by atoms with Crippen molar-refractivity contribution >= 4 is 5.97 Å². The Kier molecular flexibility index (Phi) is 3.95. The van der Waals surface area contributed by atoms with Crippen LogP contribution in [0.25, 0.3) is 11.1 Å². The molecule has 0 aliphatic rings. The summed E-state index contributed by atoms with van der Waals surface area (Å²) in [5.74, 6) is -1.51. The van der Waals surface area contributed by atoms with Crippen LogP contribution in [0.15, 0.2) is 42.5 Å². The summed E-state index contributed by atoms with van der Waals surface area (Å²) in [6, 6.07) is 12.6. The lowest BCUT2D eigenvalue weighted by Gasteiger charge is -2.06. The van der Waals surface area contributed by atoms with Gasteiger partial charge in [-0.25, -0.2) is 4.39 Å². The Balaban J connectivity index is 2.36. The maximum Gasteiger partial charge on any atom is 0.307 e. The summed E-state index contributed by atoms with van der Waals surface area (Å²) < 4.78 is 13.5. The van der Waals surface area contributed by atoms with Gasteiger partial charge in [-0.2, -0.15) is 0 Å². The van der Waals surface area contributed by atoms with Gasteiger partial charge < -0.3 is 5.11 Å². The molecule has 0 spiro atoms. The summed E-state index contributed by atoms with van der Waals surface area (Å²) in [5, 5.41) is 8.75. The number of aryl methyl sites for hydroxylation is 1. The molecule has 0 saturated carbocycles. The molecular formula is C16H15FO2. The molecule has 0 atom stereocenters. The predicted molar refractivity (Wildman–Crippen MR) is 72.6 cm³/mol. The van der Waals surface area contributed by atoms with Crippen LogP contribution in [-0.4, -0.2) is 11.1 Å². The standard InChI is InChI=1S/C16H15FO2/c1-2-11-3-5-12(6-4-11)13-7-8-15(17)14(9-13)10-16(18)19/h3-9H,2,10H2,1H3,(H,18,19). The number of carboxylic acid groups (broad SMARTS) is 1. The molecule has 3 heteroatoms. The van der Waals surface area contributed by atoms with Crippen molar-refractivity contribution < 1.29 is 14.3 Å². The maximum absolute atomic E-state index is 13.5. The lowest BCUT2D eigenvalue weighted by molar-refractivity contribution is -0.136. The highest BCUT2D eigenvalue weighted by atomic mass is 19.1. The summed E-state index contributed by atoms with van der Waals surface area (Å²) in [7, 11) is 0. The van der Waals surface area contributed by atoms with E-state index in [1.54, 1.807) is 12.1 Å². The molecule has 1 N–H and O–H groups in total. The van der Waals surface area contributed by atoms with E-state index in [2.05, 4.69) is 6.92 Å². The largest absolute Gasteiger partial charge is 0.481 e. The molecule has 2 aromatic rings. The zero-order valence-corrected chi connectivity index (χ0v) is 10.7. The van der Waals surface area contributed by atoms with Crippen LogP contribution < -0.4 is 0 Å². The summed E-state index contributed by atoms with van der Waals surface area (Å²) >= 11 is 0. The normalized spacial score (nSPS) is 10.4. The summed E-state index contributed by atoms with van der Waals surface area (Å²) in [6.45, 7) is 2.08. The van der Waals surface area contributed by atoms with Gasteiger partial charge in [0.1, 0.15) is 5.82 Å². The van der Waals surface area contributed by atoms with Crippen molar-refractivity contribution in [3.05, 3.63) is 59.4 Å². The quantitative estimate of drug-likeness (QED) is 0.908. The molecule has 0 bridgehead atoms. The first-order valence-corrected chi connectivity index (χ1v) is 6.19. The van der Waals surface area contributed by atoms with Crippen LogP contribution in [0.2, 0.25) is 0 Å². The van der Waals surface area contributed by atoms with E-state index in [0.29, 0.717) is 0 Å². The van der Waals surface area contributed by atoms with Crippen LogP contribution in [0.1, 0.15) is 18.1 Å². The zero-order valence-electron chi connectivity index (χ0n) is 10.7. The SMILES string of the molecule is CCc1ccc(-c2ccc(F)c(CC(=O)O)c2)cc1. The second kappa shape index (κ2) is 5.65. The van der Waals surface area contributed by atoms with Crippen molar-refractivity contribution in [1.82, 2.24) is 0 Å². The first-order valence-electron chi connectivity index (χ1n) is 6.19. The Hall–Kier alpha value is -2.16. The van der Waals surface area contributed by atoms with Gasteiger partial charge in [0.05, 0.1) is 6.42 Å². The van der Waals surface area contributed by atoms with E-state index in [1.165, 1.54) is 11.6 Å². The van der Waals surface area contributed by atoms with E-state index in [9.17, 15) is 9.18 Å². The van der Waals surface area contributed by atoms with Crippen molar-refractivity contribution in [3.63, 3.8) is 0 Å². The van der Waals surface area contributed by atoms with E-state index < -0.39 is 11.8 Å². The fourth-order valence-electron chi connectivity index (χ4n) is 1.99. The summed E-state index contributed by atoms with van der Waals surface area (Å²) in [6.07, 6.45) is 0.667. The van der Waals surface area contributed by atoms with E-state index in [0.717, 1.165) is 17.5 Å². The molecule has 19 heavy (non-hydrogen) atoms. The molecule has 2 nitrogen and oxygen atoms in total. The van der Waals surface area contributed by atoms with E-state index in [4.69, 9.17) is 5.11 Å². The third kappa shape index (κ3) is 3.19. The predicted octanol–water partition coefficient (Wildman–Crippen LogP) is 3.68. The molecule has 0 fully saturated rings. The van der Waals surface area contributed by atoms with Crippen LogP contribution >= 0.6 is 0 Å². The summed E-state index contributed by atoms with van der Waals surface area (Å²) in [5.41, 5.74) is 3.24. The number of carbonyl (C=O) groups is 1. The Morgan fingerprint density at radius 1 is 1.11 bits per heavy atom. The minimum Gasteiger partial charge on any atom is -0.481 e. The number of benzene rings is 2. The Labute approximate surface area is 111 Å². The average molecular weight is 258 g/mol. The fraction of sp³-hybridized carbons (Fsp3) is 0.188. The second-order valence-corrected chi connectivity index (χ2v) is 4.43. The summed E-state index contributed by atoms with van der Waals surface area (Å²) in [4.78, 5) is 10.7. The van der Waals surface area contributed by atoms with Crippen molar-refractivity contribution in [2.24, 2.45) is 0 Å². The van der Waals surface area contributed by atoms with Crippen LogP contribution in [-0.2, 0) is 17.6 Å². The van der Waals surface area contributed by atoms with Gasteiger partial charge in [-0.1, -0.05) is 37.3 Å². The Morgan fingerprint density at radius 2 is 1.74 bits per heavy atom. The number of rotatable bonds is 4. The van der Waals surface area contributed by atoms with E-state index in [1.807, 2.05) is 24.3 Å². The van der Waals surface area contributed by atoms with Crippen LogP contribution in [0.5, 0.6) is 0 Å². The molecule has 0 amide bonds. The van der Waals surface area contributed by atoms with Gasteiger partial charge in [0, 0.05) is 0 Å². The van der Waals surface area contributed by atoms with Gasteiger partial charge in [-0.3, -0.25) is 4.79 Å². The fourth-order valence-corrected chi connectivity index (χ4v) is 1.99. The molecule has 0 saturated heterocycles. The van der Waals surface area contributed by atoms with Crippen LogP contribution in [0.3, 0.4) is 0 Å². The van der Waals surface area contributed by atoms with Gasteiger partial charge in [0.15, 0.2) is 0 Å². The monoisotopic (exact) mass is 258 g/mol. The minimum absolute atomic E-state index is 0.213. The topological polar surface area (TPSA) is 37.3 Å². The number of hydrogen-bond acceptors (Lipinski definition) is 1. The molecule has 0 aliphatic carbocycles. The number of carboxylic acids is 1. The molecule has 0 radical (unpaired) electrons. The van der Waals surface area contributed by atoms with Crippen LogP contribution in [0, 0.1) is 5.82 Å². The molecule has 0 heterocycles. The number of hydrogen-bond donors (Lipinski definition) is 1. The zero-order chi connectivity index (χ0) is 13.8. The highest BCUT2D eigenvalue weighted by Crippen LogP contribution is 2.23. The second-order valence-electron chi connectivity index (χ2n) is 4.43. The maximum atomic E-state index is 13.5. The Bertz CT molecular complexity index is 588. The highest BCUT2D eigenvalue weighted by molar-refractivity contribution is 5.72. The van der Waals surface area contributed by atoms with E-state index >= 15 is 0 Å². The van der Waals surface area contributed by atoms with Gasteiger partial charge in [-0.15, -0.1) is 0 Å². The van der Waals surface area contributed by atoms with Crippen molar-refractivity contribution in [2.75, 3.05) is 0 Å². The van der Waals surface area contributed by atoms with Gasteiger partial charge in [0.2, 0.25) is 0 Å². The van der Waals surface area contributed by atoms with Crippen LogP contribution in [0.4, 0.5) is 4.39 Å². The lowest BCUT2D eigenvalue weighted by Crippen LogP contribution is -2.02. The Morgan fingerprint density at radius 3 is 2.32 bits per heavy atom. The number of halogens is 1. The van der Waals surface area contributed by atoms with Gasteiger partial charge in [0.25, 0.3) is 0 Å². The lowest BCUT2D eigenvalue weighted by atomic mass is 10.00. The first-order chi connectivity index (χ1) is 9.10. The molecule has 98 valence electrons. The van der Waals surface area contributed by atoms with Crippen molar-refractivity contribution in [1.29, 1.82) is 0 Å². The van der Waals surface area contributed by atoms with Gasteiger partial charge >= 0.3 is 5.97 Å². The average Bonchev–Trinajstić information content (AvgIpc) is 2.41. The van der Waals surface area contributed by atoms with E-state index in [-0.39, 0.29) is 12.0 Å². The molecule has 2 aromatic carbocycles. The first kappa shape index (κ1) is 13.3. The van der Waals surface area contributed by atoms with Crippen molar-refractivity contribution in [3.8, 4) is 11.1 Å². The van der Waals surface area contributed by atoms with Gasteiger partial charge in [-0.05, 0) is 40.8 Å². The molecule has 2 rings (SSSR count). The molecule has 0 unspecified atom stereocenters.